The molecule has 2 aromatic heterocycles. The molecule has 0 aliphatic heterocycles. The first-order valence-corrected chi connectivity index (χ1v) is 9.31. The molecule has 2 heterocycles. The van der Waals surface area contributed by atoms with Crippen molar-refractivity contribution in [2.75, 3.05) is 0 Å². The van der Waals surface area contributed by atoms with Crippen molar-refractivity contribution < 1.29 is 18.3 Å². The summed E-state index contributed by atoms with van der Waals surface area (Å²) in [5.74, 6) is -1.62. The fourth-order valence-corrected chi connectivity index (χ4v) is 3.27. The second-order valence-corrected chi connectivity index (χ2v) is 8.72. The van der Waals surface area contributed by atoms with Crippen molar-refractivity contribution >= 4 is 0 Å². The Hall–Kier alpha value is -2.67. The van der Waals surface area contributed by atoms with Crippen molar-refractivity contribution in [1.29, 1.82) is 0 Å². The summed E-state index contributed by atoms with van der Waals surface area (Å²) in [4.78, 5) is 11.2. The number of halogens is 3. The van der Waals surface area contributed by atoms with E-state index in [1.54, 1.807) is 6.20 Å². The third-order valence-corrected chi connectivity index (χ3v) is 4.55. The average molecular weight is 403 g/mol. The van der Waals surface area contributed by atoms with Gasteiger partial charge in [0, 0.05) is 29.4 Å². The topological polar surface area (TPSA) is 61.8 Å². The van der Waals surface area contributed by atoms with Gasteiger partial charge in [-0.15, -0.1) is 0 Å². The van der Waals surface area contributed by atoms with Gasteiger partial charge >= 0.3 is 0 Å². The van der Waals surface area contributed by atoms with Crippen LogP contribution in [-0.4, -0.2) is 20.1 Å². The molecule has 2 N–H and O–H groups in total. The minimum absolute atomic E-state index is 0.0123. The quantitative estimate of drug-likeness (QED) is 0.635. The second-order valence-electron chi connectivity index (χ2n) is 8.72. The summed E-state index contributed by atoms with van der Waals surface area (Å²) in [6, 6.07) is 4.31. The molecule has 0 spiro atoms. The van der Waals surface area contributed by atoms with Gasteiger partial charge in [0.2, 0.25) is 0 Å². The lowest BCUT2D eigenvalue weighted by atomic mass is 9.90. The lowest BCUT2D eigenvalue weighted by Gasteiger charge is -2.24. The number of imidazole rings is 1. The molecule has 29 heavy (non-hydrogen) atoms. The summed E-state index contributed by atoms with van der Waals surface area (Å²) in [6.45, 7) is 7.70. The zero-order valence-electron chi connectivity index (χ0n) is 16.9. The molecule has 1 aromatic carbocycles. The van der Waals surface area contributed by atoms with Crippen molar-refractivity contribution in [3.8, 4) is 11.3 Å². The SMILES string of the molecule is CC(C)(C)Cc1cnc(CC(C)(O)c2cc(F)c(-c3ccc(F)cn3)cc2F)[nH]1. The van der Waals surface area contributed by atoms with Crippen LogP contribution in [0.25, 0.3) is 11.3 Å². The van der Waals surface area contributed by atoms with Gasteiger partial charge in [0.05, 0.1) is 17.5 Å². The number of hydrogen-bond donors (Lipinski definition) is 2. The van der Waals surface area contributed by atoms with E-state index in [0.717, 1.165) is 36.5 Å². The lowest BCUT2D eigenvalue weighted by Crippen LogP contribution is -2.26. The van der Waals surface area contributed by atoms with E-state index >= 15 is 0 Å². The molecule has 3 aromatic rings. The van der Waals surface area contributed by atoms with Crippen molar-refractivity contribution in [3.05, 3.63) is 71.2 Å². The summed E-state index contributed by atoms with van der Waals surface area (Å²) in [5.41, 5.74) is -0.899. The number of aromatic nitrogens is 3. The molecule has 0 aliphatic carbocycles. The minimum atomic E-state index is -1.68. The molecule has 3 rings (SSSR count). The van der Waals surface area contributed by atoms with Crippen LogP contribution in [0, 0.1) is 22.9 Å². The van der Waals surface area contributed by atoms with Crippen molar-refractivity contribution in [3.63, 3.8) is 0 Å². The normalized spacial score (nSPS) is 14.1. The van der Waals surface area contributed by atoms with E-state index in [9.17, 15) is 18.3 Å². The zero-order chi connectivity index (χ0) is 21.4. The monoisotopic (exact) mass is 403 g/mol. The smallest absolute Gasteiger partial charge is 0.141 e. The second kappa shape index (κ2) is 7.63. The van der Waals surface area contributed by atoms with Crippen LogP contribution < -0.4 is 0 Å². The van der Waals surface area contributed by atoms with Gasteiger partial charge in [0.1, 0.15) is 23.3 Å². The van der Waals surface area contributed by atoms with Gasteiger partial charge in [-0.2, -0.15) is 0 Å². The molecule has 4 nitrogen and oxygen atoms in total. The number of rotatable bonds is 5. The highest BCUT2D eigenvalue weighted by Crippen LogP contribution is 2.32. The maximum Gasteiger partial charge on any atom is 0.141 e. The average Bonchev–Trinajstić information content (AvgIpc) is 3.01. The maximum atomic E-state index is 14.8. The van der Waals surface area contributed by atoms with Gasteiger partial charge in [-0.25, -0.2) is 18.2 Å². The van der Waals surface area contributed by atoms with E-state index in [4.69, 9.17) is 0 Å². The molecule has 0 radical (unpaired) electrons. The maximum absolute atomic E-state index is 14.8. The Labute approximate surface area is 167 Å². The van der Waals surface area contributed by atoms with Crippen LogP contribution in [-0.2, 0) is 18.4 Å². The van der Waals surface area contributed by atoms with E-state index in [2.05, 4.69) is 35.7 Å². The van der Waals surface area contributed by atoms with Crippen LogP contribution in [0.15, 0.2) is 36.7 Å². The minimum Gasteiger partial charge on any atom is -0.385 e. The van der Waals surface area contributed by atoms with Crippen LogP contribution >= 0.6 is 0 Å². The Morgan fingerprint density at radius 1 is 0.931 bits per heavy atom. The number of pyridine rings is 1. The third kappa shape index (κ3) is 5.03. The molecule has 0 aliphatic rings. The molecule has 1 atom stereocenters. The number of aliphatic hydroxyl groups is 1. The fourth-order valence-electron chi connectivity index (χ4n) is 3.27. The highest BCUT2D eigenvalue weighted by Gasteiger charge is 2.30. The first-order valence-electron chi connectivity index (χ1n) is 9.31. The Morgan fingerprint density at radius 3 is 2.28 bits per heavy atom. The van der Waals surface area contributed by atoms with Crippen LogP contribution in [0.3, 0.4) is 0 Å². The van der Waals surface area contributed by atoms with Gasteiger partial charge in [-0.3, -0.25) is 4.98 Å². The zero-order valence-corrected chi connectivity index (χ0v) is 16.9. The summed E-state index contributed by atoms with van der Waals surface area (Å²) < 4.78 is 42.4. The van der Waals surface area contributed by atoms with Crippen molar-refractivity contribution in [2.45, 2.75) is 46.1 Å². The third-order valence-electron chi connectivity index (χ3n) is 4.55. The number of aromatic amines is 1. The molecular formula is C22H24F3N3O. The van der Waals surface area contributed by atoms with Crippen LogP contribution in [0.1, 0.15) is 44.8 Å². The van der Waals surface area contributed by atoms with E-state index in [0.29, 0.717) is 5.82 Å². The fraction of sp³-hybridized carbons (Fsp3) is 0.364. The largest absolute Gasteiger partial charge is 0.385 e. The Bertz CT molecular complexity index is 1010. The van der Waals surface area contributed by atoms with Crippen molar-refractivity contribution in [2.24, 2.45) is 5.41 Å². The highest BCUT2D eigenvalue weighted by molar-refractivity contribution is 5.60. The number of benzene rings is 1. The summed E-state index contributed by atoms with van der Waals surface area (Å²) in [6.07, 6.45) is 3.38. The summed E-state index contributed by atoms with van der Waals surface area (Å²) >= 11 is 0. The molecule has 1 unspecified atom stereocenters. The number of nitrogens with zero attached hydrogens (tertiary/aromatic N) is 2. The van der Waals surface area contributed by atoms with Crippen molar-refractivity contribution in [1.82, 2.24) is 15.0 Å². The predicted molar refractivity (Wildman–Crippen MR) is 105 cm³/mol. The Morgan fingerprint density at radius 2 is 1.66 bits per heavy atom. The predicted octanol–water partition coefficient (Wildman–Crippen LogP) is 4.93. The van der Waals surface area contributed by atoms with Gasteiger partial charge in [0.15, 0.2) is 0 Å². The first kappa shape index (κ1) is 21.0. The van der Waals surface area contributed by atoms with E-state index in [1.807, 2.05) is 0 Å². The Kier molecular flexibility index (Phi) is 5.54. The van der Waals surface area contributed by atoms with Crippen LogP contribution in [0.4, 0.5) is 13.2 Å². The van der Waals surface area contributed by atoms with E-state index < -0.39 is 23.1 Å². The van der Waals surface area contributed by atoms with E-state index in [-0.39, 0.29) is 28.7 Å². The molecule has 154 valence electrons. The Balaban J connectivity index is 1.87. The molecule has 0 fully saturated rings. The number of nitrogens with one attached hydrogen (secondary N) is 1. The molecule has 7 heteroatoms. The molecule has 0 bridgehead atoms. The molecular weight excluding hydrogens is 379 g/mol. The lowest BCUT2D eigenvalue weighted by molar-refractivity contribution is 0.0515. The van der Waals surface area contributed by atoms with E-state index in [1.165, 1.54) is 13.0 Å². The highest BCUT2D eigenvalue weighted by atomic mass is 19.1. The van der Waals surface area contributed by atoms with Gasteiger partial charge in [-0.05, 0) is 43.0 Å². The summed E-state index contributed by atoms with van der Waals surface area (Å²) in [7, 11) is 0. The molecule has 0 amide bonds. The first-order chi connectivity index (χ1) is 13.4. The van der Waals surface area contributed by atoms with Gasteiger partial charge in [0.25, 0.3) is 0 Å². The number of H-pyrrole nitrogens is 1. The summed E-state index contributed by atoms with van der Waals surface area (Å²) in [5, 5.41) is 10.9. The standard InChI is InChI=1S/C22H24F3N3O/c1-21(2,3)9-14-12-27-20(28-14)10-22(4,29)16-8-17(24)15(7-18(16)25)19-6-5-13(23)11-26-19/h5-8,11-12,29H,9-10H2,1-4H3,(H,27,28). The van der Waals surface area contributed by atoms with Crippen LogP contribution in [0.5, 0.6) is 0 Å². The molecule has 0 saturated carbocycles. The van der Waals surface area contributed by atoms with Crippen LogP contribution in [0.2, 0.25) is 0 Å². The molecule has 0 saturated heterocycles. The number of hydrogen-bond acceptors (Lipinski definition) is 3. The van der Waals surface area contributed by atoms with Gasteiger partial charge < -0.3 is 10.1 Å². The van der Waals surface area contributed by atoms with Gasteiger partial charge in [-0.1, -0.05) is 20.8 Å².